The van der Waals surface area contributed by atoms with E-state index in [4.69, 9.17) is 4.74 Å². The minimum atomic E-state index is -3.23. The van der Waals surface area contributed by atoms with Crippen molar-refractivity contribution < 1.29 is 17.9 Å². The summed E-state index contributed by atoms with van der Waals surface area (Å²) in [5, 5.41) is 4.87. The molecule has 3 aromatic carbocycles. The molecule has 0 radical (unpaired) electrons. The van der Waals surface area contributed by atoms with Crippen molar-refractivity contribution in [3.63, 3.8) is 0 Å². The fourth-order valence-electron chi connectivity index (χ4n) is 2.84. The largest absolute Gasteiger partial charge is 0.483 e. The van der Waals surface area contributed by atoms with Gasteiger partial charge in [0, 0.05) is 11.6 Å². The van der Waals surface area contributed by atoms with E-state index in [1.807, 2.05) is 49.4 Å². The van der Waals surface area contributed by atoms with Crippen molar-refractivity contribution in [2.75, 3.05) is 12.9 Å². The molecule has 0 unspecified atom stereocenters. The second kappa shape index (κ2) is 7.80. The monoisotopic (exact) mass is 383 g/mol. The molecular weight excluding hydrogens is 362 g/mol. The lowest BCUT2D eigenvalue weighted by Crippen LogP contribution is -2.31. The second-order valence-electron chi connectivity index (χ2n) is 6.40. The summed E-state index contributed by atoms with van der Waals surface area (Å²) in [5.74, 6) is 0.413. The molecular formula is C21H21NO4S. The van der Waals surface area contributed by atoms with Gasteiger partial charge in [-0.2, -0.15) is 0 Å². The molecule has 0 bridgehead atoms. The summed E-state index contributed by atoms with van der Waals surface area (Å²) < 4.78 is 28.7. The third-order valence-corrected chi connectivity index (χ3v) is 5.42. The van der Waals surface area contributed by atoms with E-state index in [0.717, 1.165) is 22.6 Å². The number of ether oxygens (including phenoxy) is 1. The van der Waals surface area contributed by atoms with Gasteiger partial charge in [0.15, 0.2) is 16.4 Å². The fraction of sp³-hybridized carbons (Fsp3) is 0.190. The Labute approximate surface area is 158 Å². The van der Waals surface area contributed by atoms with Crippen molar-refractivity contribution >= 4 is 26.5 Å². The Kier molecular flexibility index (Phi) is 5.46. The minimum Gasteiger partial charge on any atom is -0.483 e. The maximum Gasteiger partial charge on any atom is 0.258 e. The van der Waals surface area contributed by atoms with Crippen molar-refractivity contribution in [1.29, 1.82) is 0 Å². The van der Waals surface area contributed by atoms with Crippen LogP contribution in [0, 0.1) is 0 Å². The lowest BCUT2D eigenvalue weighted by molar-refractivity contribution is -0.123. The maximum atomic E-state index is 12.2. The molecule has 1 atom stereocenters. The standard InChI is InChI=1S/C21H21NO4S/c1-15(16-10-12-18(13-11-16)27(2,24)25)22-21(23)14-26-20-9-5-7-17-6-3-4-8-19(17)20/h3-13,15H,14H2,1-2H3,(H,22,23)/t15-/m0/s1. The molecule has 0 aromatic heterocycles. The van der Waals surface area contributed by atoms with Gasteiger partial charge in [-0.25, -0.2) is 8.42 Å². The molecule has 0 heterocycles. The predicted molar refractivity (Wildman–Crippen MR) is 106 cm³/mol. The van der Waals surface area contributed by atoms with Crippen LogP contribution in [0.15, 0.2) is 71.6 Å². The van der Waals surface area contributed by atoms with Crippen molar-refractivity contribution in [1.82, 2.24) is 5.32 Å². The van der Waals surface area contributed by atoms with Gasteiger partial charge in [-0.15, -0.1) is 0 Å². The van der Waals surface area contributed by atoms with Gasteiger partial charge in [0.1, 0.15) is 5.75 Å². The molecule has 0 saturated carbocycles. The van der Waals surface area contributed by atoms with Gasteiger partial charge < -0.3 is 10.1 Å². The zero-order valence-corrected chi connectivity index (χ0v) is 16.0. The summed E-state index contributed by atoms with van der Waals surface area (Å²) in [5.41, 5.74) is 0.820. The normalized spacial score (nSPS) is 12.5. The van der Waals surface area contributed by atoms with Gasteiger partial charge in [-0.05, 0) is 36.1 Å². The first-order valence-electron chi connectivity index (χ1n) is 8.54. The first-order chi connectivity index (χ1) is 12.8. The number of rotatable bonds is 6. The van der Waals surface area contributed by atoms with Gasteiger partial charge in [-0.1, -0.05) is 48.5 Å². The molecule has 0 aliphatic heterocycles. The topological polar surface area (TPSA) is 72.5 Å². The Hall–Kier alpha value is -2.86. The van der Waals surface area contributed by atoms with E-state index in [9.17, 15) is 13.2 Å². The van der Waals surface area contributed by atoms with Gasteiger partial charge in [0.2, 0.25) is 0 Å². The number of hydrogen-bond donors (Lipinski definition) is 1. The van der Waals surface area contributed by atoms with Crippen LogP contribution >= 0.6 is 0 Å². The molecule has 0 aliphatic carbocycles. The van der Waals surface area contributed by atoms with Crippen molar-refractivity contribution in [2.24, 2.45) is 0 Å². The average Bonchev–Trinajstić information content (AvgIpc) is 2.65. The van der Waals surface area contributed by atoms with Crippen LogP contribution in [0.1, 0.15) is 18.5 Å². The number of nitrogens with one attached hydrogen (secondary N) is 1. The number of carbonyl (C=O) groups excluding carboxylic acids is 1. The zero-order valence-electron chi connectivity index (χ0n) is 15.2. The Balaban J connectivity index is 1.62. The van der Waals surface area contributed by atoms with Crippen LogP contribution in [-0.4, -0.2) is 27.2 Å². The van der Waals surface area contributed by atoms with Crippen LogP contribution < -0.4 is 10.1 Å². The highest BCUT2D eigenvalue weighted by molar-refractivity contribution is 7.90. The highest BCUT2D eigenvalue weighted by atomic mass is 32.2. The van der Waals surface area contributed by atoms with E-state index in [-0.39, 0.29) is 23.5 Å². The van der Waals surface area contributed by atoms with Crippen LogP contribution in [-0.2, 0) is 14.6 Å². The minimum absolute atomic E-state index is 0.0974. The molecule has 0 aliphatic rings. The quantitative estimate of drug-likeness (QED) is 0.707. The molecule has 0 saturated heterocycles. The number of sulfone groups is 1. The number of fused-ring (bicyclic) bond motifs is 1. The summed E-state index contributed by atoms with van der Waals surface area (Å²) in [6, 6.07) is 19.8. The fourth-order valence-corrected chi connectivity index (χ4v) is 3.47. The smallest absolute Gasteiger partial charge is 0.258 e. The second-order valence-corrected chi connectivity index (χ2v) is 8.41. The summed E-state index contributed by atoms with van der Waals surface area (Å²) in [6.45, 7) is 1.74. The van der Waals surface area contributed by atoms with Crippen molar-refractivity contribution in [3.8, 4) is 5.75 Å². The van der Waals surface area contributed by atoms with Crippen LogP contribution in [0.4, 0.5) is 0 Å². The average molecular weight is 383 g/mol. The third-order valence-electron chi connectivity index (χ3n) is 4.29. The number of benzene rings is 3. The molecule has 1 amide bonds. The molecule has 6 heteroatoms. The Morgan fingerprint density at radius 1 is 1.00 bits per heavy atom. The van der Waals surface area contributed by atoms with Crippen LogP contribution in [0.25, 0.3) is 10.8 Å². The number of carbonyl (C=O) groups is 1. The van der Waals surface area contributed by atoms with Crippen molar-refractivity contribution in [2.45, 2.75) is 17.9 Å². The Bertz CT molecular complexity index is 1050. The summed E-state index contributed by atoms with van der Waals surface area (Å²) >= 11 is 0. The molecule has 5 nitrogen and oxygen atoms in total. The molecule has 0 spiro atoms. The summed E-state index contributed by atoms with van der Waals surface area (Å²) in [7, 11) is -3.23. The Morgan fingerprint density at radius 2 is 1.67 bits per heavy atom. The highest BCUT2D eigenvalue weighted by Crippen LogP contribution is 2.25. The van der Waals surface area contributed by atoms with E-state index in [2.05, 4.69) is 5.32 Å². The van der Waals surface area contributed by atoms with Gasteiger partial charge in [0.25, 0.3) is 5.91 Å². The van der Waals surface area contributed by atoms with E-state index in [0.29, 0.717) is 5.75 Å². The van der Waals surface area contributed by atoms with Crippen LogP contribution in [0.5, 0.6) is 5.75 Å². The molecule has 1 N–H and O–H groups in total. The molecule has 27 heavy (non-hydrogen) atoms. The van der Waals surface area contributed by atoms with E-state index in [1.165, 1.54) is 0 Å². The molecule has 140 valence electrons. The van der Waals surface area contributed by atoms with Crippen LogP contribution in [0.3, 0.4) is 0 Å². The zero-order chi connectivity index (χ0) is 19.4. The molecule has 0 fully saturated rings. The van der Waals surface area contributed by atoms with E-state index in [1.54, 1.807) is 24.3 Å². The predicted octanol–water partition coefficient (Wildman–Crippen LogP) is 3.50. The van der Waals surface area contributed by atoms with E-state index < -0.39 is 9.84 Å². The van der Waals surface area contributed by atoms with Gasteiger partial charge >= 0.3 is 0 Å². The number of amides is 1. The first kappa shape index (κ1) is 18.9. The van der Waals surface area contributed by atoms with Gasteiger partial charge in [0.05, 0.1) is 10.9 Å². The summed E-state index contributed by atoms with van der Waals surface area (Å²) in [6.07, 6.45) is 1.16. The lowest BCUT2D eigenvalue weighted by Gasteiger charge is -2.15. The first-order valence-corrected chi connectivity index (χ1v) is 10.4. The Morgan fingerprint density at radius 3 is 2.37 bits per heavy atom. The lowest BCUT2D eigenvalue weighted by atomic mass is 10.1. The number of hydrogen-bond acceptors (Lipinski definition) is 4. The SMILES string of the molecule is C[C@H](NC(=O)COc1cccc2ccccc12)c1ccc(S(C)(=O)=O)cc1. The van der Waals surface area contributed by atoms with Gasteiger partial charge in [-0.3, -0.25) is 4.79 Å². The van der Waals surface area contributed by atoms with E-state index >= 15 is 0 Å². The third kappa shape index (κ3) is 4.65. The molecule has 3 rings (SSSR count). The highest BCUT2D eigenvalue weighted by Gasteiger charge is 2.13. The van der Waals surface area contributed by atoms with Crippen LogP contribution in [0.2, 0.25) is 0 Å². The maximum absolute atomic E-state index is 12.2. The summed E-state index contributed by atoms with van der Waals surface area (Å²) in [4.78, 5) is 12.5. The molecule has 3 aromatic rings. The van der Waals surface area contributed by atoms with Crippen molar-refractivity contribution in [3.05, 3.63) is 72.3 Å².